The maximum absolute atomic E-state index is 13.3. The Hall–Kier alpha value is -2.71. The number of aromatic amines is 1. The van der Waals surface area contributed by atoms with E-state index >= 15 is 0 Å². The molecule has 0 saturated carbocycles. The van der Waals surface area contributed by atoms with Gasteiger partial charge in [0.05, 0.1) is 24.0 Å². The number of ketones is 2. The summed E-state index contributed by atoms with van der Waals surface area (Å²) in [5.41, 5.74) is 3.74. The normalized spacial score (nSPS) is 15.2. The van der Waals surface area contributed by atoms with Crippen molar-refractivity contribution in [2.45, 2.75) is 64.0 Å². The van der Waals surface area contributed by atoms with Gasteiger partial charge in [0.1, 0.15) is 5.82 Å². The second-order valence-electron chi connectivity index (χ2n) is 8.76. The third-order valence-electron chi connectivity index (χ3n) is 6.23. The van der Waals surface area contributed by atoms with Crippen LogP contribution in [0.25, 0.3) is 0 Å². The van der Waals surface area contributed by atoms with Crippen molar-refractivity contribution in [3.63, 3.8) is 0 Å². The zero-order chi connectivity index (χ0) is 23.5. The highest BCUT2D eigenvalue weighted by atomic mass is 32.2. The molecule has 1 aliphatic heterocycles. The van der Waals surface area contributed by atoms with Crippen molar-refractivity contribution in [1.29, 1.82) is 0 Å². The molecular weight excluding hydrogens is 434 g/mol. The van der Waals surface area contributed by atoms with E-state index in [-0.39, 0.29) is 16.8 Å². The highest BCUT2D eigenvalue weighted by molar-refractivity contribution is 8.00. The molecule has 1 unspecified atom stereocenters. The first kappa shape index (κ1) is 23.4. The summed E-state index contributed by atoms with van der Waals surface area (Å²) in [6.07, 6.45) is 2.44. The highest BCUT2D eigenvalue weighted by Crippen LogP contribution is 2.28. The Kier molecular flexibility index (Phi) is 7.14. The average Bonchev–Trinajstić information content (AvgIpc) is 3.50. The number of carbonyl (C=O) groups is 2. The summed E-state index contributed by atoms with van der Waals surface area (Å²) in [5, 5.41) is 9.35. The molecule has 1 aliphatic rings. The van der Waals surface area contributed by atoms with E-state index in [1.165, 1.54) is 37.1 Å². The Bertz CT molecular complexity index is 1150. The monoisotopic (exact) mass is 465 g/mol. The van der Waals surface area contributed by atoms with Crippen molar-refractivity contribution in [2.24, 2.45) is 0 Å². The van der Waals surface area contributed by atoms with E-state index in [0.29, 0.717) is 17.8 Å². The number of thioether (sulfide) groups is 1. The van der Waals surface area contributed by atoms with Crippen molar-refractivity contribution >= 4 is 23.3 Å². The van der Waals surface area contributed by atoms with Gasteiger partial charge in [-0.3, -0.25) is 14.5 Å². The van der Waals surface area contributed by atoms with E-state index in [2.05, 4.69) is 36.8 Å². The summed E-state index contributed by atoms with van der Waals surface area (Å²) < 4.78 is 2.13. The van der Waals surface area contributed by atoms with Crippen LogP contribution in [0.5, 0.6) is 0 Å². The van der Waals surface area contributed by atoms with Crippen molar-refractivity contribution in [3.05, 3.63) is 64.2 Å². The first-order valence-electron chi connectivity index (χ1n) is 11.4. The molecule has 174 valence electrons. The van der Waals surface area contributed by atoms with E-state index in [1.807, 2.05) is 39.0 Å². The lowest BCUT2D eigenvalue weighted by Gasteiger charge is -2.17. The summed E-state index contributed by atoms with van der Waals surface area (Å²) in [6, 6.07) is 10.3. The molecule has 33 heavy (non-hydrogen) atoms. The van der Waals surface area contributed by atoms with Gasteiger partial charge >= 0.3 is 0 Å². The van der Waals surface area contributed by atoms with Crippen LogP contribution in [0.4, 0.5) is 0 Å². The number of nitrogens with one attached hydrogen (secondary N) is 1. The predicted octanol–water partition coefficient (Wildman–Crippen LogP) is 4.43. The summed E-state index contributed by atoms with van der Waals surface area (Å²) in [7, 11) is 0. The number of aryl methyl sites for hydroxylation is 1. The standard InChI is InChI=1S/C25H31N5O2S/c1-16-22(18(3)31)17(2)26-23(16)24(32)19(4)33-25-28-27-21(15-29-12-8-9-13-29)30(25)14-20-10-6-5-7-11-20/h5-7,10-11,19,26H,8-9,12-15H2,1-4H3. The SMILES string of the molecule is CC(=O)c1c(C)[nH]c(C(=O)C(C)Sc2nnc(CN3CCCC3)n2Cc2ccccc2)c1C. The molecule has 7 nitrogen and oxygen atoms in total. The fourth-order valence-electron chi connectivity index (χ4n) is 4.53. The van der Waals surface area contributed by atoms with E-state index in [9.17, 15) is 9.59 Å². The maximum atomic E-state index is 13.3. The average molecular weight is 466 g/mol. The van der Waals surface area contributed by atoms with Crippen LogP contribution in [-0.4, -0.2) is 54.6 Å². The Morgan fingerprint density at radius 3 is 2.42 bits per heavy atom. The molecule has 2 aromatic heterocycles. The number of nitrogens with zero attached hydrogens (tertiary/aromatic N) is 4. The maximum Gasteiger partial charge on any atom is 0.192 e. The second kappa shape index (κ2) is 10.1. The van der Waals surface area contributed by atoms with Gasteiger partial charge in [0.25, 0.3) is 0 Å². The Morgan fingerprint density at radius 2 is 1.79 bits per heavy atom. The van der Waals surface area contributed by atoms with E-state index in [0.717, 1.165) is 41.9 Å². The molecule has 0 amide bonds. The van der Waals surface area contributed by atoms with Crippen LogP contribution in [-0.2, 0) is 13.1 Å². The third kappa shape index (κ3) is 5.12. The number of carbonyl (C=O) groups excluding carboxylic acids is 2. The van der Waals surface area contributed by atoms with Gasteiger partial charge in [0.15, 0.2) is 16.7 Å². The molecule has 1 N–H and O–H groups in total. The first-order chi connectivity index (χ1) is 15.8. The fraction of sp³-hybridized carbons (Fsp3) is 0.440. The number of benzene rings is 1. The molecule has 0 aliphatic carbocycles. The van der Waals surface area contributed by atoms with Gasteiger partial charge in [-0.15, -0.1) is 10.2 Å². The molecule has 0 radical (unpaired) electrons. The van der Waals surface area contributed by atoms with Gasteiger partial charge in [-0.1, -0.05) is 42.1 Å². The predicted molar refractivity (Wildman–Crippen MR) is 130 cm³/mol. The molecule has 0 spiro atoms. The Labute approximate surface area is 199 Å². The van der Waals surface area contributed by atoms with Crippen molar-refractivity contribution < 1.29 is 9.59 Å². The van der Waals surface area contributed by atoms with Gasteiger partial charge in [0.2, 0.25) is 0 Å². The number of aromatic nitrogens is 4. The summed E-state index contributed by atoms with van der Waals surface area (Å²) >= 11 is 1.42. The molecule has 1 atom stereocenters. The lowest BCUT2D eigenvalue weighted by molar-refractivity contribution is 0.0988. The van der Waals surface area contributed by atoms with Gasteiger partial charge in [0, 0.05) is 11.3 Å². The molecule has 1 aromatic carbocycles. The van der Waals surface area contributed by atoms with Crippen LogP contribution in [0.15, 0.2) is 35.5 Å². The molecule has 3 heterocycles. The minimum absolute atomic E-state index is 0.0326. The number of rotatable bonds is 9. The number of Topliss-reactive ketones (excluding diaryl/α,β-unsaturated/α-hetero) is 2. The molecule has 1 fully saturated rings. The Balaban J connectivity index is 1.59. The molecular formula is C25H31N5O2S. The number of likely N-dealkylation sites (tertiary alicyclic amines) is 1. The van der Waals surface area contributed by atoms with Gasteiger partial charge < -0.3 is 9.55 Å². The van der Waals surface area contributed by atoms with Crippen molar-refractivity contribution in [3.8, 4) is 0 Å². The van der Waals surface area contributed by atoms with E-state index in [4.69, 9.17) is 0 Å². The quantitative estimate of drug-likeness (QED) is 0.372. The highest BCUT2D eigenvalue weighted by Gasteiger charge is 2.27. The van der Waals surface area contributed by atoms with E-state index < -0.39 is 0 Å². The van der Waals surface area contributed by atoms with Gasteiger partial charge in [-0.25, -0.2) is 0 Å². The zero-order valence-corrected chi connectivity index (χ0v) is 20.5. The zero-order valence-electron chi connectivity index (χ0n) is 19.7. The molecule has 8 heteroatoms. The van der Waals surface area contributed by atoms with Crippen LogP contribution in [0.2, 0.25) is 0 Å². The Morgan fingerprint density at radius 1 is 1.09 bits per heavy atom. The third-order valence-corrected chi connectivity index (χ3v) is 7.31. The molecule has 1 saturated heterocycles. The lowest BCUT2D eigenvalue weighted by Crippen LogP contribution is -2.22. The summed E-state index contributed by atoms with van der Waals surface area (Å²) in [5.74, 6) is 0.854. The minimum atomic E-state index is -0.375. The smallest absolute Gasteiger partial charge is 0.192 e. The van der Waals surface area contributed by atoms with Crippen LogP contribution in [0, 0.1) is 13.8 Å². The summed E-state index contributed by atoms with van der Waals surface area (Å²) in [4.78, 5) is 30.8. The van der Waals surface area contributed by atoms with Crippen molar-refractivity contribution in [1.82, 2.24) is 24.6 Å². The van der Waals surface area contributed by atoms with Crippen LogP contribution < -0.4 is 0 Å². The molecule has 3 aromatic rings. The van der Waals surface area contributed by atoms with Gasteiger partial charge in [-0.2, -0.15) is 0 Å². The first-order valence-corrected chi connectivity index (χ1v) is 12.3. The van der Waals surface area contributed by atoms with E-state index in [1.54, 1.807) is 0 Å². The molecule has 4 rings (SSSR count). The van der Waals surface area contributed by atoms with Crippen LogP contribution in [0.1, 0.15) is 70.2 Å². The lowest BCUT2D eigenvalue weighted by atomic mass is 10.0. The number of hydrogen-bond acceptors (Lipinski definition) is 6. The number of H-pyrrole nitrogens is 1. The van der Waals surface area contributed by atoms with Crippen LogP contribution in [0.3, 0.4) is 0 Å². The molecule has 0 bridgehead atoms. The summed E-state index contributed by atoms with van der Waals surface area (Å²) in [6.45, 7) is 10.7. The topological polar surface area (TPSA) is 83.9 Å². The minimum Gasteiger partial charge on any atom is -0.355 e. The van der Waals surface area contributed by atoms with Gasteiger partial charge in [-0.05, 0) is 64.8 Å². The van der Waals surface area contributed by atoms with Crippen molar-refractivity contribution in [2.75, 3.05) is 13.1 Å². The van der Waals surface area contributed by atoms with Crippen LogP contribution >= 0.6 is 11.8 Å². The largest absolute Gasteiger partial charge is 0.355 e. The number of hydrogen-bond donors (Lipinski definition) is 1. The second-order valence-corrected chi connectivity index (χ2v) is 10.1. The fourth-order valence-corrected chi connectivity index (χ4v) is 5.45.